The zero-order valence-electron chi connectivity index (χ0n) is 14.0. The largest absolute Gasteiger partial charge is 0.399 e. The maximum Gasteiger partial charge on any atom is 0.180 e. The quantitative estimate of drug-likeness (QED) is 0.557. The van der Waals surface area contributed by atoms with E-state index in [0.717, 1.165) is 28.4 Å². The average molecular weight is 329 g/mol. The lowest BCUT2D eigenvalue weighted by molar-refractivity contribution is 1.07. The van der Waals surface area contributed by atoms with Gasteiger partial charge in [0.2, 0.25) is 0 Å². The van der Waals surface area contributed by atoms with Crippen LogP contribution in [0.4, 0.5) is 11.5 Å². The summed E-state index contributed by atoms with van der Waals surface area (Å²) in [5.74, 6) is 0.768. The van der Waals surface area contributed by atoms with Gasteiger partial charge < -0.3 is 11.1 Å². The van der Waals surface area contributed by atoms with E-state index in [0.29, 0.717) is 6.54 Å². The summed E-state index contributed by atoms with van der Waals surface area (Å²) >= 11 is 0. The minimum atomic E-state index is 0.705. The van der Waals surface area contributed by atoms with Gasteiger partial charge in [-0.3, -0.25) is 4.40 Å². The number of hydrogen-bond acceptors (Lipinski definition) is 4. The maximum absolute atomic E-state index is 5.78. The van der Waals surface area contributed by atoms with E-state index < -0.39 is 0 Å². The summed E-state index contributed by atoms with van der Waals surface area (Å²) < 4.78 is 2.04. The molecule has 0 aliphatic heterocycles. The van der Waals surface area contributed by atoms with Gasteiger partial charge in [0.15, 0.2) is 11.5 Å². The van der Waals surface area contributed by atoms with Gasteiger partial charge in [-0.15, -0.1) is 0 Å². The van der Waals surface area contributed by atoms with Gasteiger partial charge in [-0.1, -0.05) is 42.0 Å². The Morgan fingerprint density at radius 3 is 2.52 bits per heavy atom. The van der Waals surface area contributed by atoms with Gasteiger partial charge in [-0.2, -0.15) is 0 Å². The van der Waals surface area contributed by atoms with E-state index in [-0.39, 0.29) is 0 Å². The average Bonchev–Trinajstić information content (AvgIpc) is 3.07. The molecule has 5 nitrogen and oxygen atoms in total. The molecule has 2 aromatic heterocycles. The third-order valence-electron chi connectivity index (χ3n) is 4.22. The second-order valence-corrected chi connectivity index (χ2v) is 6.07. The standard InChI is InChI=1S/C20H19N5/c1-14-2-4-15(5-3-14)12-23-19-20-24-13-18(25(20)11-10-22-19)16-6-8-17(21)9-7-16/h2-11,13H,12,21H2,1H3,(H,22,23). The summed E-state index contributed by atoms with van der Waals surface area (Å²) in [4.78, 5) is 9.00. The van der Waals surface area contributed by atoms with Crippen LogP contribution in [-0.2, 0) is 6.54 Å². The molecule has 4 aromatic rings. The first kappa shape index (κ1) is 15.2. The maximum atomic E-state index is 5.78. The third-order valence-corrected chi connectivity index (χ3v) is 4.22. The first-order valence-corrected chi connectivity index (χ1v) is 8.18. The minimum absolute atomic E-state index is 0.705. The molecule has 3 N–H and O–H groups in total. The minimum Gasteiger partial charge on any atom is -0.399 e. The van der Waals surface area contributed by atoms with Crippen molar-refractivity contribution < 1.29 is 0 Å². The van der Waals surface area contributed by atoms with Crippen molar-refractivity contribution in [2.75, 3.05) is 11.1 Å². The molecular formula is C20H19N5. The molecule has 0 fully saturated rings. The van der Waals surface area contributed by atoms with Crippen LogP contribution < -0.4 is 11.1 Å². The topological polar surface area (TPSA) is 68.2 Å². The van der Waals surface area contributed by atoms with Crippen LogP contribution in [0, 0.1) is 6.92 Å². The highest BCUT2D eigenvalue weighted by Crippen LogP contribution is 2.24. The molecule has 0 aliphatic rings. The SMILES string of the molecule is Cc1ccc(CNc2nccn3c(-c4ccc(N)cc4)cnc23)cc1. The van der Waals surface area contributed by atoms with Gasteiger partial charge in [-0.05, 0) is 24.6 Å². The molecule has 25 heavy (non-hydrogen) atoms. The fourth-order valence-electron chi connectivity index (χ4n) is 2.80. The second kappa shape index (κ2) is 6.28. The number of imidazole rings is 1. The number of aromatic nitrogens is 3. The molecule has 0 bridgehead atoms. The van der Waals surface area contributed by atoms with Crippen molar-refractivity contribution in [2.45, 2.75) is 13.5 Å². The van der Waals surface area contributed by atoms with Gasteiger partial charge in [0.05, 0.1) is 11.9 Å². The molecular weight excluding hydrogens is 310 g/mol. The Kier molecular flexibility index (Phi) is 3.82. The van der Waals surface area contributed by atoms with Crippen LogP contribution >= 0.6 is 0 Å². The van der Waals surface area contributed by atoms with Crippen LogP contribution in [0.5, 0.6) is 0 Å². The summed E-state index contributed by atoms with van der Waals surface area (Å²) in [6.45, 7) is 2.79. The Morgan fingerprint density at radius 2 is 1.76 bits per heavy atom. The van der Waals surface area contributed by atoms with E-state index in [9.17, 15) is 0 Å². The molecule has 0 radical (unpaired) electrons. The number of nitrogen functional groups attached to an aromatic ring is 1. The van der Waals surface area contributed by atoms with E-state index in [2.05, 4.69) is 46.5 Å². The number of hydrogen-bond donors (Lipinski definition) is 2. The van der Waals surface area contributed by atoms with Gasteiger partial charge in [0.1, 0.15) is 0 Å². The molecule has 0 aliphatic carbocycles. The van der Waals surface area contributed by atoms with Crippen LogP contribution in [0.1, 0.15) is 11.1 Å². The predicted octanol–water partition coefficient (Wildman–Crippen LogP) is 3.90. The molecule has 0 atom stereocenters. The zero-order chi connectivity index (χ0) is 17.2. The molecule has 0 amide bonds. The molecule has 124 valence electrons. The van der Waals surface area contributed by atoms with Gasteiger partial charge in [0, 0.05) is 30.2 Å². The van der Waals surface area contributed by atoms with Gasteiger partial charge in [0.25, 0.3) is 0 Å². The fourth-order valence-corrected chi connectivity index (χ4v) is 2.80. The molecule has 4 rings (SSSR count). The Balaban J connectivity index is 1.64. The molecule has 0 saturated carbocycles. The summed E-state index contributed by atoms with van der Waals surface area (Å²) in [7, 11) is 0. The van der Waals surface area contributed by atoms with Gasteiger partial charge in [-0.25, -0.2) is 9.97 Å². The monoisotopic (exact) mass is 329 g/mol. The number of benzene rings is 2. The van der Waals surface area contributed by atoms with Crippen molar-refractivity contribution >= 4 is 17.2 Å². The van der Waals surface area contributed by atoms with Crippen LogP contribution in [0.15, 0.2) is 67.1 Å². The summed E-state index contributed by atoms with van der Waals surface area (Å²) in [5.41, 5.74) is 11.9. The first-order valence-electron chi connectivity index (χ1n) is 8.18. The van der Waals surface area contributed by atoms with Crippen LogP contribution in [0.3, 0.4) is 0 Å². The Morgan fingerprint density at radius 1 is 1.00 bits per heavy atom. The zero-order valence-corrected chi connectivity index (χ0v) is 14.0. The van der Waals surface area contributed by atoms with Crippen LogP contribution in [0.25, 0.3) is 16.9 Å². The van der Waals surface area contributed by atoms with E-state index in [1.807, 2.05) is 41.1 Å². The van der Waals surface area contributed by atoms with E-state index in [4.69, 9.17) is 5.73 Å². The Labute approximate surface area is 146 Å². The lowest BCUT2D eigenvalue weighted by Gasteiger charge is -2.08. The lowest BCUT2D eigenvalue weighted by atomic mass is 10.1. The van der Waals surface area contributed by atoms with E-state index in [1.165, 1.54) is 11.1 Å². The predicted molar refractivity (Wildman–Crippen MR) is 101 cm³/mol. The normalized spacial score (nSPS) is 10.9. The fraction of sp³-hybridized carbons (Fsp3) is 0.100. The van der Waals surface area contributed by atoms with Crippen molar-refractivity contribution in [3.63, 3.8) is 0 Å². The van der Waals surface area contributed by atoms with Crippen molar-refractivity contribution in [3.05, 3.63) is 78.2 Å². The smallest absolute Gasteiger partial charge is 0.180 e. The lowest BCUT2D eigenvalue weighted by Crippen LogP contribution is -2.04. The van der Waals surface area contributed by atoms with Crippen molar-refractivity contribution in [1.29, 1.82) is 0 Å². The van der Waals surface area contributed by atoms with Crippen molar-refractivity contribution in [2.24, 2.45) is 0 Å². The molecule has 0 saturated heterocycles. The summed E-state index contributed by atoms with van der Waals surface area (Å²) in [6, 6.07) is 16.2. The molecule has 0 unspecified atom stereocenters. The molecule has 2 heterocycles. The number of nitrogens with zero attached hydrogens (tertiary/aromatic N) is 3. The Bertz CT molecular complexity index is 1000. The van der Waals surface area contributed by atoms with Crippen LogP contribution in [-0.4, -0.2) is 14.4 Å². The highest BCUT2D eigenvalue weighted by Gasteiger charge is 2.10. The molecule has 2 aromatic carbocycles. The number of aryl methyl sites for hydroxylation is 1. The highest BCUT2D eigenvalue weighted by atomic mass is 15.1. The van der Waals surface area contributed by atoms with E-state index in [1.54, 1.807) is 6.20 Å². The van der Waals surface area contributed by atoms with Crippen molar-refractivity contribution in [1.82, 2.24) is 14.4 Å². The number of nitrogens with one attached hydrogen (secondary N) is 1. The summed E-state index contributed by atoms with van der Waals surface area (Å²) in [5, 5.41) is 3.38. The van der Waals surface area contributed by atoms with Gasteiger partial charge >= 0.3 is 0 Å². The molecule has 0 spiro atoms. The molecule has 5 heteroatoms. The van der Waals surface area contributed by atoms with Crippen LogP contribution in [0.2, 0.25) is 0 Å². The number of rotatable bonds is 4. The number of anilines is 2. The first-order chi connectivity index (χ1) is 12.2. The number of fused-ring (bicyclic) bond motifs is 1. The Hall–Kier alpha value is -3.34. The van der Waals surface area contributed by atoms with E-state index >= 15 is 0 Å². The third kappa shape index (κ3) is 3.04. The van der Waals surface area contributed by atoms with Crippen molar-refractivity contribution in [3.8, 4) is 11.3 Å². The summed E-state index contributed by atoms with van der Waals surface area (Å²) in [6.07, 6.45) is 5.57. The second-order valence-electron chi connectivity index (χ2n) is 6.07. The number of nitrogens with two attached hydrogens (primary N) is 1. The highest BCUT2D eigenvalue weighted by molar-refractivity contribution is 5.71.